The highest BCUT2D eigenvalue weighted by Crippen LogP contribution is 2.24. The zero-order chi connectivity index (χ0) is 22.3. The Balaban J connectivity index is 1.64. The summed E-state index contributed by atoms with van der Waals surface area (Å²) in [5.74, 6) is 2.45. The molecular weight excluding hydrogens is 416 g/mol. The Morgan fingerprint density at radius 2 is 1.81 bits per heavy atom. The summed E-state index contributed by atoms with van der Waals surface area (Å²) in [6.45, 7) is 9.40. The summed E-state index contributed by atoms with van der Waals surface area (Å²) < 4.78 is 27.7. The number of imidazole rings is 1. The fourth-order valence-corrected chi connectivity index (χ4v) is 4.18. The first-order valence-corrected chi connectivity index (χ1v) is 11.4. The van der Waals surface area contributed by atoms with Crippen LogP contribution in [0.5, 0.6) is 0 Å². The van der Waals surface area contributed by atoms with Crippen molar-refractivity contribution < 1.29 is 8.42 Å². The van der Waals surface area contributed by atoms with Crippen molar-refractivity contribution in [3.05, 3.63) is 42.7 Å². The summed E-state index contributed by atoms with van der Waals surface area (Å²) in [6, 6.07) is 3.92. The number of hydrogen-bond acceptors (Lipinski definition) is 8. The number of anilines is 2. The Labute approximate surface area is 180 Å². The van der Waals surface area contributed by atoms with Gasteiger partial charge in [0.2, 0.25) is 0 Å². The van der Waals surface area contributed by atoms with E-state index in [1.54, 1.807) is 32.3 Å². The molecule has 0 unspecified atom stereocenters. The van der Waals surface area contributed by atoms with Crippen molar-refractivity contribution in [3.63, 3.8) is 0 Å². The lowest BCUT2D eigenvalue weighted by atomic mass is 10.3. The minimum Gasteiger partial charge on any atom is -0.326 e. The van der Waals surface area contributed by atoms with E-state index in [9.17, 15) is 8.42 Å². The second kappa shape index (κ2) is 7.73. The lowest BCUT2D eigenvalue weighted by Crippen LogP contribution is -2.22. The Kier molecular flexibility index (Phi) is 5.21. The molecule has 0 aliphatic carbocycles. The number of aromatic nitrogens is 7. The van der Waals surface area contributed by atoms with Crippen LogP contribution in [-0.2, 0) is 10.0 Å². The van der Waals surface area contributed by atoms with Gasteiger partial charge in [0.15, 0.2) is 5.82 Å². The molecule has 4 aromatic heterocycles. The highest BCUT2D eigenvalue weighted by atomic mass is 32.2. The van der Waals surface area contributed by atoms with Crippen LogP contribution in [0.1, 0.15) is 39.6 Å². The van der Waals surface area contributed by atoms with Crippen molar-refractivity contribution in [1.29, 1.82) is 0 Å². The van der Waals surface area contributed by atoms with Gasteiger partial charge in [0.1, 0.15) is 23.0 Å². The van der Waals surface area contributed by atoms with Crippen LogP contribution < -0.4 is 5.32 Å². The third kappa shape index (κ3) is 3.88. The van der Waals surface area contributed by atoms with Crippen LogP contribution in [0.15, 0.2) is 36.9 Å². The number of nitrogens with zero attached hydrogens (tertiary/aromatic N) is 7. The number of pyridine rings is 1. The molecule has 162 valence electrons. The average molecular weight is 441 g/mol. The van der Waals surface area contributed by atoms with Gasteiger partial charge in [-0.15, -0.1) is 0 Å². The molecule has 0 fully saturated rings. The molecule has 0 aliphatic rings. The highest BCUT2D eigenvalue weighted by Gasteiger charge is 2.20. The number of nitrogens with one attached hydrogen (secondary N) is 1. The predicted molar refractivity (Wildman–Crippen MR) is 119 cm³/mol. The maximum absolute atomic E-state index is 12.3. The molecular formula is C20H24N8O2S. The van der Waals surface area contributed by atoms with Gasteiger partial charge in [-0.3, -0.25) is 0 Å². The van der Waals surface area contributed by atoms with E-state index in [0.717, 1.165) is 20.9 Å². The summed E-state index contributed by atoms with van der Waals surface area (Å²) in [5, 5.41) is 6.57. The summed E-state index contributed by atoms with van der Waals surface area (Å²) in [7, 11) is -3.54. The van der Waals surface area contributed by atoms with Crippen LogP contribution >= 0.6 is 0 Å². The Morgan fingerprint density at radius 3 is 2.52 bits per heavy atom. The van der Waals surface area contributed by atoms with Crippen LogP contribution in [0.3, 0.4) is 0 Å². The Morgan fingerprint density at radius 1 is 1.03 bits per heavy atom. The number of fused-ring (bicyclic) bond motifs is 1. The fourth-order valence-electron chi connectivity index (χ4n) is 3.31. The van der Waals surface area contributed by atoms with Gasteiger partial charge in [-0.1, -0.05) is 0 Å². The van der Waals surface area contributed by atoms with Crippen molar-refractivity contribution in [3.8, 4) is 11.4 Å². The third-order valence-electron chi connectivity index (χ3n) is 4.86. The molecule has 4 aromatic rings. The van der Waals surface area contributed by atoms with Gasteiger partial charge in [0, 0.05) is 18.3 Å². The summed E-state index contributed by atoms with van der Waals surface area (Å²) in [6.07, 6.45) is 6.18. The molecule has 0 amide bonds. The molecule has 4 heterocycles. The summed E-state index contributed by atoms with van der Waals surface area (Å²) in [5.41, 5.74) is 2.32. The van der Waals surface area contributed by atoms with Crippen LogP contribution in [0.2, 0.25) is 0 Å². The molecule has 0 aromatic carbocycles. The summed E-state index contributed by atoms with van der Waals surface area (Å²) in [4.78, 5) is 17.7. The van der Waals surface area contributed by atoms with Crippen molar-refractivity contribution in [2.24, 2.45) is 0 Å². The van der Waals surface area contributed by atoms with Gasteiger partial charge in [0.05, 0.1) is 34.9 Å². The molecule has 0 radical (unpaired) electrons. The third-order valence-corrected chi connectivity index (χ3v) is 6.77. The first kappa shape index (κ1) is 20.9. The molecule has 4 rings (SSSR count). The Hall–Kier alpha value is -3.34. The lowest BCUT2D eigenvalue weighted by molar-refractivity contribution is 0.571. The smallest absolute Gasteiger partial charge is 0.256 e. The van der Waals surface area contributed by atoms with Gasteiger partial charge < -0.3 is 9.88 Å². The SMILES string of the molecule is Cc1nc2cnc(Nc3ccnc(-c4cnn(S(=O)(=O)C(C)C)c4)n3)cc2n1C(C)C. The molecule has 10 nitrogen and oxygen atoms in total. The van der Waals surface area contributed by atoms with Crippen molar-refractivity contribution in [2.45, 2.75) is 45.9 Å². The van der Waals surface area contributed by atoms with Crippen LogP contribution in [0.4, 0.5) is 11.6 Å². The lowest BCUT2D eigenvalue weighted by Gasteiger charge is -2.11. The molecule has 1 N–H and O–H groups in total. The maximum Gasteiger partial charge on any atom is 0.256 e. The quantitative estimate of drug-likeness (QED) is 0.485. The summed E-state index contributed by atoms with van der Waals surface area (Å²) >= 11 is 0. The fraction of sp³-hybridized carbons (Fsp3) is 0.350. The van der Waals surface area contributed by atoms with Gasteiger partial charge in [-0.2, -0.15) is 9.19 Å². The standard InChI is InChI=1S/C20H24N8O2S/c1-12(2)28-14(5)24-16-10-22-19(8-17(16)28)25-18-6-7-21-20(26-18)15-9-23-27(11-15)31(29,30)13(3)4/h6-13H,1-5H3,(H,21,22,25,26). The van der Waals surface area contributed by atoms with Crippen molar-refractivity contribution in [1.82, 2.24) is 33.7 Å². The van der Waals surface area contributed by atoms with Crippen molar-refractivity contribution >= 4 is 32.7 Å². The first-order chi connectivity index (χ1) is 14.7. The molecule has 0 spiro atoms. The predicted octanol–water partition coefficient (Wildman–Crippen LogP) is 3.30. The van der Waals surface area contributed by atoms with E-state index in [-0.39, 0.29) is 6.04 Å². The molecule has 0 saturated carbocycles. The second-order valence-electron chi connectivity index (χ2n) is 7.77. The van der Waals surface area contributed by atoms with E-state index in [4.69, 9.17) is 0 Å². The molecule has 11 heteroatoms. The van der Waals surface area contributed by atoms with Gasteiger partial charge >= 0.3 is 0 Å². The average Bonchev–Trinajstić information content (AvgIpc) is 3.32. The van der Waals surface area contributed by atoms with E-state index >= 15 is 0 Å². The van der Waals surface area contributed by atoms with E-state index in [1.807, 2.05) is 13.0 Å². The zero-order valence-corrected chi connectivity index (χ0v) is 18.8. The first-order valence-electron chi connectivity index (χ1n) is 9.91. The number of aryl methyl sites for hydroxylation is 1. The second-order valence-corrected chi connectivity index (χ2v) is 10.1. The molecule has 0 saturated heterocycles. The minimum absolute atomic E-state index is 0.268. The topological polar surface area (TPSA) is 120 Å². The maximum atomic E-state index is 12.3. The monoisotopic (exact) mass is 440 g/mol. The normalized spacial score (nSPS) is 12.2. The Bertz CT molecular complexity index is 1350. The van der Waals surface area contributed by atoms with E-state index in [2.05, 4.69) is 48.8 Å². The van der Waals surface area contributed by atoms with Crippen LogP contribution in [-0.4, -0.2) is 47.4 Å². The molecule has 31 heavy (non-hydrogen) atoms. The molecule has 0 atom stereocenters. The van der Waals surface area contributed by atoms with Gasteiger partial charge in [0.25, 0.3) is 10.0 Å². The van der Waals surface area contributed by atoms with E-state index in [0.29, 0.717) is 23.0 Å². The van der Waals surface area contributed by atoms with Crippen LogP contribution in [0, 0.1) is 6.92 Å². The number of rotatable bonds is 6. The van der Waals surface area contributed by atoms with E-state index in [1.165, 1.54) is 12.4 Å². The molecule has 0 bridgehead atoms. The van der Waals surface area contributed by atoms with E-state index < -0.39 is 15.3 Å². The highest BCUT2D eigenvalue weighted by molar-refractivity contribution is 7.90. The van der Waals surface area contributed by atoms with Gasteiger partial charge in [-0.25, -0.2) is 28.4 Å². The minimum atomic E-state index is -3.54. The number of hydrogen-bond donors (Lipinski definition) is 1. The largest absolute Gasteiger partial charge is 0.326 e. The van der Waals surface area contributed by atoms with Crippen LogP contribution in [0.25, 0.3) is 22.4 Å². The van der Waals surface area contributed by atoms with Crippen molar-refractivity contribution in [2.75, 3.05) is 5.32 Å². The van der Waals surface area contributed by atoms with Gasteiger partial charge in [-0.05, 0) is 40.7 Å². The molecule has 0 aliphatic heterocycles. The zero-order valence-electron chi connectivity index (χ0n) is 18.0.